The van der Waals surface area contributed by atoms with Crippen molar-refractivity contribution in [2.24, 2.45) is 4.99 Å². The summed E-state index contributed by atoms with van der Waals surface area (Å²) in [6.07, 6.45) is 1.94. The minimum absolute atomic E-state index is 0. The second-order valence-electron chi connectivity index (χ2n) is 6.34. The Morgan fingerprint density at radius 3 is 2.60 bits per heavy atom. The lowest BCUT2D eigenvalue weighted by Crippen LogP contribution is -2.43. The lowest BCUT2D eigenvalue weighted by Gasteiger charge is -2.17. The highest BCUT2D eigenvalue weighted by atomic mass is 127. The van der Waals surface area contributed by atoms with Gasteiger partial charge in [0.05, 0.1) is 10.7 Å². The van der Waals surface area contributed by atoms with Crippen LogP contribution >= 0.6 is 46.7 Å². The third-order valence-electron chi connectivity index (χ3n) is 3.65. The van der Waals surface area contributed by atoms with Gasteiger partial charge in [0.2, 0.25) is 0 Å². The lowest BCUT2D eigenvalue weighted by atomic mass is 10.2. The van der Waals surface area contributed by atoms with Crippen molar-refractivity contribution in [2.45, 2.75) is 52.5 Å². The maximum atomic E-state index is 4.67. The number of thiophene rings is 1. The molecule has 0 aliphatic heterocycles. The summed E-state index contributed by atoms with van der Waals surface area (Å²) < 4.78 is 0. The molecule has 140 valence electrons. The Hall–Kier alpha value is -0.670. The van der Waals surface area contributed by atoms with Crippen molar-refractivity contribution in [3.63, 3.8) is 0 Å². The Labute approximate surface area is 176 Å². The number of nitrogens with zero attached hydrogens (tertiary/aromatic N) is 2. The molecule has 2 aromatic heterocycles. The van der Waals surface area contributed by atoms with E-state index in [1.54, 1.807) is 11.3 Å². The van der Waals surface area contributed by atoms with E-state index >= 15 is 0 Å². The highest BCUT2D eigenvalue weighted by Crippen LogP contribution is 2.19. The maximum Gasteiger partial charge on any atom is 0.191 e. The van der Waals surface area contributed by atoms with E-state index in [9.17, 15) is 0 Å². The Morgan fingerprint density at radius 1 is 1.28 bits per heavy atom. The molecule has 0 bridgehead atoms. The van der Waals surface area contributed by atoms with E-state index in [1.165, 1.54) is 14.8 Å². The average Bonchev–Trinajstić information content (AvgIpc) is 3.15. The van der Waals surface area contributed by atoms with E-state index < -0.39 is 0 Å². The van der Waals surface area contributed by atoms with Crippen LogP contribution in [0.5, 0.6) is 0 Å². The molecule has 0 spiro atoms. The van der Waals surface area contributed by atoms with Gasteiger partial charge in [0.25, 0.3) is 0 Å². The maximum absolute atomic E-state index is 4.67. The normalized spacial score (nSPS) is 12.8. The summed E-state index contributed by atoms with van der Waals surface area (Å²) in [6, 6.07) is 4.74. The molecule has 0 saturated carbocycles. The minimum atomic E-state index is 0. The van der Waals surface area contributed by atoms with Crippen molar-refractivity contribution >= 4 is 52.6 Å². The van der Waals surface area contributed by atoms with Gasteiger partial charge in [-0.3, -0.25) is 4.99 Å². The molecule has 1 atom stereocenters. The summed E-state index contributed by atoms with van der Waals surface area (Å²) in [4.78, 5) is 11.8. The van der Waals surface area contributed by atoms with E-state index in [4.69, 9.17) is 0 Å². The molecule has 0 amide bonds. The number of nitrogens with one attached hydrogen (secondary N) is 2. The smallest absolute Gasteiger partial charge is 0.191 e. The first kappa shape index (κ1) is 22.4. The fraction of sp³-hybridized carbons (Fsp3) is 0.556. The molecular weight excluding hydrogens is 463 g/mol. The standard InChI is InChI=1S/C18H28N4S2.HI/c1-12(2)17-22-15(11-23-17)8-9-20-18(19-5)21-13(3)10-16-7-6-14(4)24-16;/h6-7,11-13H,8-10H2,1-5H3,(H2,19,20,21);1H. The monoisotopic (exact) mass is 492 g/mol. The first-order valence-electron chi connectivity index (χ1n) is 8.44. The van der Waals surface area contributed by atoms with E-state index in [0.29, 0.717) is 12.0 Å². The first-order valence-corrected chi connectivity index (χ1v) is 10.1. The number of hydrogen-bond donors (Lipinski definition) is 2. The summed E-state index contributed by atoms with van der Waals surface area (Å²) in [5.41, 5.74) is 1.16. The molecule has 0 aromatic carbocycles. The van der Waals surface area contributed by atoms with Crippen molar-refractivity contribution in [3.8, 4) is 0 Å². The fourth-order valence-corrected chi connectivity index (χ4v) is 4.28. The van der Waals surface area contributed by atoms with Crippen LogP contribution in [-0.2, 0) is 12.8 Å². The summed E-state index contributed by atoms with van der Waals surface area (Å²) in [5.74, 6) is 1.36. The summed E-state index contributed by atoms with van der Waals surface area (Å²) in [5, 5.41) is 10.2. The molecule has 2 N–H and O–H groups in total. The van der Waals surface area contributed by atoms with Crippen molar-refractivity contribution < 1.29 is 0 Å². The number of aliphatic imine (C=N–C) groups is 1. The molecule has 1 unspecified atom stereocenters. The van der Waals surface area contributed by atoms with E-state index in [-0.39, 0.29) is 24.0 Å². The van der Waals surface area contributed by atoms with Crippen LogP contribution in [0.15, 0.2) is 22.5 Å². The fourth-order valence-electron chi connectivity index (χ4n) is 2.39. The molecule has 0 radical (unpaired) electrons. The molecule has 2 rings (SSSR count). The zero-order chi connectivity index (χ0) is 17.5. The number of thiazole rings is 1. The summed E-state index contributed by atoms with van der Waals surface area (Å²) in [7, 11) is 1.82. The number of guanidine groups is 1. The van der Waals surface area contributed by atoms with Gasteiger partial charge in [-0.2, -0.15) is 0 Å². The average molecular weight is 492 g/mol. The van der Waals surface area contributed by atoms with Gasteiger partial charge in [-0.05, 0) is 26.0 Å². The van der Waals surface area contributed by atoms with Crippen LogP contribution in [-0.4, -0.2) is 30.6 Å². The second-order valence-corrected chi connectivity index (χ2v) is 8.60. The predicted molar refractivity (Wildman–Crippen MR) is 122 cm³/mol. The molecule has 4 nitrogen and oxygen atoms in total. The molecular formula is C18H29IN4S2. The van der Waals surface area contributed by atoms with E-state index in [0.717, 1.165) is 31.0 Å². The predicted octanol–water partition coefficient (Wildman–Crippen LogP) is 4.59. The van der Waals surface area contributed by atoms with Crippen LogP contribution < -0.4 is 10.6 Å². The Morgan fingerprint density at radius 2 is 2.04 bits per heavy atom. The van der Waals surface area contributed by atoms with Crippen LogP contribution in [0.3, 0.4) is 0 Å². The van der Waals surface area contributed by atoms with Crippen molar-refractivity contribution in [2.75, 3.05) is 13.6 Å². The second kappa shape index (κ2) is 11.1. The number of hydrogen-bond acceptors (Lipinski definition) is 4. The van der Waals surface area contributed by atoms with Crippen LogP contribution in [0.4, 0.5) is 0 Å². The van der Waals surface area contributed by atoms with Gasteiger partial charge in [0.1, 0.15) is 0 Å². The number of aryl methyl sites for hydroxylation is 1. The summed E-state index contributed by atoms with van der Waals surface area (Å²) >= 11 is 3.62. The third-order valence-corrected chi connectivity index (χ3v) is 5.86. The molecule has 0 aliphatic rings. The van der Waals surface area contributed by atoms with Gasteiger partial charge >= 0.3 is 0 Å². The molecule has 7 heteroatoms. The zero-order valence-corrected chi connectivity index (χ0v) is 19.6. The van der Waals surface area contributed by atoms with Gasteiger partial charge in [-0.25, -0.2) is 4.98 Å². The largest absolute Gasteiger partial charge is 0.356 e. The molecule has 0 saturated heterocycles. The van der Waals surface area contributed by atoms with Gasteiger partial charge < -0.3 is 10.6 Å². The highest BCUT2D eigenvalue weighted by molar-refractivity contribution is 14.0. The van der Waals surface area contributed by atoms with E-state index in [2.05, 4.69) is 65.8 Å². The number of halogens is 1. The van der Waals surface area contributed by atoms with Crippen molar-refractivity contribution in [3.05, 3.63) is 38.0 Å². The SMILES string of the molecule is CN=C(NCCc1csc(C(C)C)n1)NC(C)Cc1ccc(C)s1.I. The molecule has 25 heavy (non-hydrogen) atoms. The quantitative estimate of drug-likeness (QED) is 0.338. The number of rotatable bonds is 7. The van der Waals surface area contributed by atoms with Crippen molar-refractivity contribution in [1.82, 2.24) is 15.6 Å². The van der Waals surface area contributed by atoms with E-state index in [1.807, 2.05) is 18.4 Å². The Bertz CT molecular complexity index is 664. The third kappa shape index (κ3) is 7.62. The zero-order valence-electron chi connectivity index (χ0n) is 15.6. The topological polar surface area (TPSA) is 49.3 Å². The molecule has 2 heterocycles. The van der Waals surface area contributed by atoms with Gasteiger partial charge in [0.15, 0.2) is 5.96 Å². The van der Waals surface area contributed by atoms with Crippen LogP contribution in [0.1, 0.15) is 47.1 Å². The van der Waals surface area contributed by atoms with Crippen LogP contribution in [0.25, 0.3) is 0 Å². The Balaban J connectivity index is 0.00000312. The highest BCUT2D eigenvalue weighted by Gasteiger charge is 2.09. The molecule has 0 aliphatic carbocycles. The van der Waals surface area contributed by atoms with Crippen LogP contribution in [0, 0.1) is 6.92 Å². The number of aromatic nitrogens is 1. The van der Waals surface area contributed by atoms with Gasteiger partial charge in [-0.1, -0.05) is 13.8 Å². The Kier molecular flexibility index (Phi) is 9.96. The van der Waals surface area contributed by atoms with Crippen molar-refractivity contribution in [1.29, 1.82) is 0 Å². The van der Waals surface area contributed by atoms with Crippen LogP contribution in [0.2, 0.25) is 0 Å². The summed E-state index contributed by atoms with van der Waals surface area (Å²) in [6.45, 7) is 9.55. The molecule has 0 fully saturated rings. The van der Waals surface area contributed by atoms with Gasteiger partial charge in [-0.15, -0.1) is 46.7 Å². The van der Waals surface area contributed by atoms with Gasteiger partial charge in [0, 0.05) is 53.5 Å². The first-order chi connectivity index (χ1) is 11.5. The lowest BCUT2D eigenvalue weighted by molar-refractivity contribution is 0.644. The minimum Gasteiger partial charge on any atom is -0.356 e. The molecule has 2 aromatic rings.